The van der Waals surface area contributed by atoms with Gasteiger partial charge in [0.2, 0.25) is 0 Å². The van der Waals surface area contributed by atoms with E-state index in [2.05, 4.69) is 124 Å². The number of aromatic nitrogens is 2. The van der Waals surface area contributed by atoms with Crippen LogP contribution in [0.5, 0.6) is 0 Å². The molecule has 2 heterocycles. The van der Waals surface area contributed by atoms with Crippen molar-refractivity contribution in [3.05, 3.63) is 105 Å². The highest BCUT2D eigenvalue weighted by atomic mass is 15.0. The molecule has 3 nitrogen and oxygen atoms in total. The number of hydrogen-bond donors (Lipinski definition) is 0. The third-order valence-corrected chi connectivity index (χ3v) is 8.82. The molecule has 0 bridgehead atoms. The molecule has 4 aromatic carbocycles. The summed E-state index contributed by atoms with van der Waals surface area (Å²) in [4.78, 5) is 0. The van der Waals surface area contributed by atoms with Crippen LogP contribution in [0, 0.1) is 51.9 Å². The van der Waals surface area contributed by atoms with E-state index < -0.39 is 0 Å². The number of nitrogens with zero attached hydrogens (tertiary/aromatic N) is 3. The van der Waals surface area contributed by atoms with Crippen LogP contribution in [0.2, 0.25) is 0 Å². The predicted octanol–water partition coefficient (Wildman–Crippen LogP) is 8.13. The molecule has 0 radical (unpaired) electrons. The molecule has 3 heteroatoms. The molecule has 2 aromatic heterocycles. The molecule has 7 rings (SSSR count). The normalized spacial score (nSPS) is 15.0. The maximum Gasteiger partial charge on any atom is 0.0993 e. The van der Waals surface area contributed by atoms with E-state index in [-0.39, 0.29) is 0 Å². The topological polar surface area (TPSA) is 33.6 Å². The van der Waals surface area contributed by atoms with Crippen molar-refractivity contribution in [3.63, 3.8) is 0 Å². The van der Waals surface area contributed by atoms with Gasteiger partial charge in [0.1, 0.15) is 0 Å². The average Bonchev–Trinajstić information content (AvgIpc) is 3.42. The van der Waals surface area contributed by atoms with Crippen molar-refractivity contribution >= 4 is 44.4 Å². The maximum absolute atomic E-state index is 10.3. The SMILES string of the molecule is CC1=c2c(c3cc(C)cc(C)c3n2-c2cc(C#N)cc(-n3c4ccc(C)cc4c4cc(C)cc(C)c43)c2)=CC(C)C1. The highest BCUT2D eigenvalue weighted by molar-refractivity contribution is 6.10. The quantitative estimate of drug-likeness (QED) is 0.221. The lowest BCUT2D eigenvalue weighted by atomic mass is 9.95. The lowest BCUT2D eigenvalue weighted by molar-refractivity contribution is 0.774. The molecule has 1 unspecified atom stereocenters. The number of rotatable bonds is 2. The number of nitriles is 1. The summed E-state index contributed by atoms with van der Waals surface area (Å²) >= 11 is 0. The van der Waals surface area contributed by atoms with Crippen molar-refractivity contribution in [2.75, 3.05) is 0 Å². The van der Waals surface area contributed by atoms with E-state index in [9.17, 15) is 5.26 Å². The van der Waals surface area contributed by atoms with Gasteiger partial charge in [0.15, 0.2) is 0 Å². The molecule has 0 saturated heterocycles. The zero-order chi connectivity index (χ0) is 28.7. The molecule has 41 heavy (non-hydrogen) atoms. The Bertz CT molecular complexity index is 2260. The lowest BCUT2D eigenvalue weighted by Gasteiger charge is -2.17. The van der Waals surface area contributed by atoms with Crippen LogP contribution in [0.3, 0.4) is 0 Å². The second-order valence-electron chi connectivity index (χ2n) is 12.4. The Balaban J connectivity index is 1.64. The minimum atomic E-state index is 0.496. The van der Waals surface area contributed by atoms with Gasteiger partial charge in [-0.1, -0.05) is 47.9 Å². The molecule has 1 aliphatic rings. The Labute approximate surface area is 241 Å². The van der Waals surface area contributed by atoms with E-state index in [1.165, 1.54) is 71.2 Å². The molecule has 0 amide bonds. The van der Waals surface area contributed by atoms with Crippen molar-refractivity contribution in [1.82, 2.24) is 9.13 Å². The van der Waals surface area contributed by atoms with Crippen molar-refractivity contribution < 1.29 is 0 Å². The van der Waals surface area contributed by atoms with Crippen molar-refractivity contribution in [2.45, 2.75) is 54.9 Å². The summed E-state index contributed by atoms with van der Waals surface area (Å²) in [6.45, 7) is 15.5. The monoisotopic (exact) mass is 533 g/mol. The van der Waals surface area contributed by atoms with E-state index in [0.29, 0.717) is 11.5 Å². The summed E-state index contributed by atoms with van der Waals surface area (Å²) in [6, 6.07) is 24.7. The van der Waals surface area contributed by atoms with E-state index in [0.717, 1.165) is 23.3 Å². The third kappa shape index (κ3) is 3.78. The first kappa shape index (κ1) is 25.4. The smallest absolute Gasteiger partial charge is 0.0993 e. The van der Waals surface area contributed by atoms with E-state index in [4.69, 9.17) is 0 Å². The largest absolute Gasteiger partial charge is 0.309 e. The number of hydrogen-bond acceptors (Lipinski definition) is 1. The standard InChI is InChI=1S/C38H35N3/c1-21-8-9-35-31(13-21)32-14-22(2)10-25(5)36(32)40(35)29-17-28(20-39)18-30(19-29)41-37-26(6)11-23(3)15-33(37)34-16-24(4)12-27(7)38(34)41/h8-11,13-19,24H,12H2,1-7H3. The van der Waals surface area contributed by atoms with Gasteiger partial charge in [0.25, 0.3) is 0 Å². The van der Waals surface area contributed by atoms with E-state index in [1.54, 1.807) is 0 Å². The Morgan fingerprint density at radius 1 is 0.683 bits per heavy atom. The van der Waals surface area contributed by atoms with Gasteiger partial charge < -0.3 is 9.13 Å². The summed E-state index contributed by atoms with van der Waals surface area (Å²) < 4.78 is 4.79. The van der Waals surface area contributed by atoms with Gasteiger partial charge in [-0.2, -0.15) is 5.26 Å². The maximum atomic E-state index is 10.3. The van der Waals surface area contributed by atoms with Crippen LogP contribution in [0.4, 0.5) is 0 Å². The molecular formula is C38H35N3. The summed E-state index contributed by atoms with van der Waals surface area (Å²) in [5, 5.41) is 16.7. The van der Waals surface area contributed by atoms with Crippen LogP contribution in [0.25, 0.3) is 55.7 Å². The molecule has 0 aliphatic heterocycles. The first-order valence-corrected chi connectivity index (χ1v) is 14.6. The van der Waals surface area contributed by atoms with Crippen LogP contribution in [-0.4, -0.2) is 9.13 Å². The Morgan fingerprint density at radius 3 is 1.98 bits per heavy atom. The molecule has 6 aromatic rings. The average molecular weight is 534 g/mol. The van der Waals surface area contributed by atoms with Crippen LogP contribution < -0.4 is 10.6 Å². The summed E-state index contributed by atoms with van der Waals surface area (Å²) in [7, 11) is 0. The van der Waals surface area contributed by atoms with Crippen LogP contribution in [-0.2, 0) is 0 Å². The number of fused-ring (bicyclic) bond motifs is 6. The predicted molar refractivity (Wildman–Crippen MR) is 173 cm³/mol. The summed E-state index contributed by atoms with van der Waals surface area (Å²) in [5.74, 6) is 0.496. The van der Waals surface area contributed by atoms with Crippen LogP contribution >= 0.6 is 0 Å². The van der Waals surface area contributed by atoms with Gasteiger partial charge in [-0.25, -0.2) is 0 Å². The zero-order valence-corrected chi connectivity index (χ0v) is 25.0. The van der Waals surface area contributed by atoms with Gasteiger partial charge >= 0.3 is 0 Å². The minimum absolute atomic E-state index is 0.496. The molecular weight excluding hydrogens is 498 g/mol. The third-order valence-electron chi connectivity index (χ3n) is 8.82. The summed E-state index contributed by atoms with van der Waals surface area (Å²) in [5.41, 5.74) is 14.0. The fourth-order valence-corrected chi connectivity index (χ4v) is 7.42. The number of benzene rings is 4. The molecule has 0 saturated carbocycles. The summed E-state index contributed by atoms with van der Waals surface area (Å²) in [6.07, 6.45) is 3.48. The van der Waals surface area contributed by atoms with E-state index >= 15 is 0 Å². The fraction of sp³-hybridized carbons (Fsp3) is 0.237. The first-order chi connectivity index (χ1) is 19.6. The van der Waals surface area contributed by atoms with Gasteiger partial charge in [-0.05, 0) is 113 Å². The van der Waals surface area contributed by atoms with Crippen molar-refractivity contribution in [2.24, 2.45) is 5.92 Å². The second kappa shape index (κ2) is 8.98. The second-order valence-corrected chi connectivity index (χ2v) is 12.4. The molecule has 1 atom stereocenters. The number of aryl methyl sites for hydroxylation is 5. The molecule has 0 N–H and O–H groups in total. The van der Waals surface area contributed by atoms with Crippen molar-refractivity contribution in [1.29, 1.82) is 5.26 Å². The fourth-order valence-electron chi connectivity index (χ4n) is 7.42. The van der Waals surface area contributed by atoms with Crippen LogP contribution in [0.15, 0.2) is 60.7 Å². The molecule has 0 spiro atoms. The van der Waals surface area contributed by atoms with Gasteiger partial charge in [0, 0.05) is 32.8 Å². The van der Waals surface area contributed by atoms with Crippen molar-refractivity contribution in [3.8, 4) is 17.4 Å². The minimum Gasteiger partial charge on any atom is -0.309 e. The molecule has 1 aliphatic carbocycles. The molecule has 0 fully saturated rings. The van der Waals surface area contributed by atoms with Gasteiger partial charge in [0.05, 0.1) is 33.5 Å². The molecule has 202 valence electrons. The highest BCUT2D eigenvalue weighted by Crippen LogP contribution is 2.36. The highest BCUT2D eigenvalue weighted by Gasteiger charge is 2.21. The Hall–Kier alpha value is -4.55. The lowest BCUT2D eigenvalue weighted by Crippen LogP contribution is -2.34. The zero-order valence-electron chi connectivity index (χ0n) is 25.0. The van der Waals surface area contributed by atoms with Gasteiger partial charge in [-0.3, -0.25) is 0 Å². The first-order valence-electron chi connectivity index (χ1n) is 14.6. The van der Waals surface area contributed by atoms with Gasteiger partial charge in [-0.15, -0.1) is 0 Å². The Kier molecular flexibility index (Phi) is 5.57. The van der Waals surface area contributed by atoms with E-state index in [1.807, 2.05) is 6.07 Å². The van der Waals surface area contributed by atoms with Crippen LogP contribution in [0.1, 0.15) is 53.6 Å². The Morgan fingerprint density at radius 2 is 1.29 bits per heavy atom.